The van der Waals surface area contributed by atoms with E-state index >= 15 is 0 Å². The molecular formula is C31H42N2O8S. The molecule has 0 unspecified atom stereocenters. The first-order chi connectivity index (χ1) is 20.1. The Morgan fingerprint density at radius 3 is 1.98 bits per heavy atom. The average molecular weight is 603 g/mol. The molecule has 2 aliphatic heterocycles. The molecule has 2 aromatic carbocycles. The summed E-state index contributed by atoms with van der Waals surface area (Å²) in [5.41, 5.74) is 0.857. The molecule has 1 saturated heterocycles. The second-order valence-electron chi connectivity index (χ2n) is 11.0. The second-order valence-corrected chi connectivity index (χ2v) is 12.1. The maximum Gasteiger partial charge on any atom is 0.416 e. The van der Waals surface area contributed by atoms with E-state index in [4.69, 9.17) is 33.4 Å². The zero-order chi connectivity index (χ0) is 30.3. The van der Waals surface area contributed by atoms with Crippen molar-refractivity contribution in [3.63, 3.8) is 0 Å². The van der Waals surface area contributed by atoms with E-state index in [-0.39, 0.29) is 6.61 Å². The minimum absolute atomic E-state index is 0.0764. The summed E-state index contributed by atoms with van der Waals surface area (Å²) in [5, 5.41) is 10.4. The van der Waals surface area contributed by atoms with Crippen LogP contribution in [0.1, 0.15) is 45.2 Å². The minimum atomic E-state index is -0.645. The number of rotatable bonds is 11. The van der Waals surface area contributed by atoms with Gasteiger partial charge in [-0.3, -0.25) is 9.89 Å². The van der Waals surface area contributed by atoms with Gasteiger partial charge in [-0.15, -0.1) is 0 Å². The third-order valence-corrected chi connectivity index (χ3v) is 8.03. The predicted molar refractivity (Wildman–Crippen MR) is 161 cm³/mol. The highest BCUT2D eigenvalue weighted by Gasteiger charge is 2.51. The molecule has 11 heteroatoms. The molecule has 1 fully saturated rings. The normalized spacial score (nSPS) is 23.6. The monoisotopic (exact) mass is 602 g/mol. The quantitative estimate of drug-likeness (QED) is 0.380. The van der Waals surface area contributed by atoms with Gasteiger partial charge in [0, 0.05) is 13.2 Å². The molecule has 2 aliphatic rings. The lowest BCUT2D eigenvalue weighted by Crippen LogP contribution is -2.57. The summed E-state index contributed by atoms with van der Waals surface area (Å²) in [7, 11) is 3.26. The fraction of sp³-hybridized carbons (Fsp3) is 0.548. The van der Waals surface area contributed by atoms with Gasteiger partial charge in [-0.1, -0.05) is 36.0 Å². The van der Waals surface area contributed by atoms with E-state index in [0.717, 1.165) is 22.6 Å². The predicted octanol–water partition coefficient (Wildman–Crippen LogP) is 5.01. The van der Waals surface area contributed by atoms with Gasteiger partial charge in [0.15, 0.2) is 5.17 Å². The highest BCUT2D eigenvalue weighted by atomic mass is 32.2. The summed E-state index contributed by atoms with van der Waals surface area (Å²) in [6.45, 7) is 8.30. The molecule has 42 heavy (non-hydrogen) atoms. The molecule has 0 bridgehead atoms. The van der Waals surface area contributed by atoms with Crippen LogP contribution >= 0.6 is 11.8 Å². The largest absolute Gasteiger partial charge is 0.497 e. The fourth-order valence-corrected chi connectivity index (χ4v) is 6.04. The summed E-state index contributed by atoms with van der Waals surface area (Å²) in [4.78, 5) is 19.5. The molecule has 10 nitrogen and oxygen atoms in total. The molecule has 0 spiro atoms. The molecule has 0 radical (unpaired) electrons. The van der Waals surface area contributed by atoms with Crippen LogP contribution in [0.25, 0.3) is 0 Å². The Bertz CT molecular complexity index is 1180. The molecule has 2 aromatic rings. The summed E-state index contributed by atoms with van der Waals surface area (Å²) < 4.78 is 35.7. The lowest BCUT2D eigenvalue weighted by atomic mass is 9.95. The fourth-order valence-electron chi connectivity index (χ4n) is 4.76. The number of ether oxygens (including phenoxy) is 6. The van der Waals surface area contributed by atoms with E-state index in [1.165, 1.54) is 16.7 Å². The third kappa shape index (κ3) is 8.17. The lowest BCUT2D eigenvalue weighted by Gasteiger charge is -2.42. The highest BCUT2D eigenvalue weighted by Crippen LogP contribution is 2.41. The molecule has 230 valence electrons. The smallest absolute Gasteiger partial charge is 0.416 e. The van der Waals surface area contributed by atoms with Crippen molar-refractivity contribution in [2.45, 2.75) is 82.7 Å². The number of aliphatic hydroxyl groups excluding tert-OH is 1. The molecule has 2 heterocycles. The van der Waals surface area contributed by atoms with Crippen LogP contribution in [0.15, 0.2) is 53.5 Å². The van der Waals surface area contributed by atoms with Gasteiger partial charge in [0.05, 0.1) is 33.5 Å². The van der Waals surface area contributed by atoms with Crippen molar-refractivity contribution >= 4 is 23.0 Å². The number of methoxy groups -OCH3 is 2. The molecule has 0 aromatic heterocycles. The first-order valence-corrected chi connectivity index (χ1v) is 15.0. The average Bonchev–Trinajstić information content (AvgIpc) is 3.38. The van der Waals surface area contributed by atoms with Crippen LogP contribution in [0.4, 0.5) is 4.79 Å². The number of aliphatic imine (C=N–C) groups is 1. The van der Waals surface area contributed by atoms with Crippen LogP contribution in [-0.4, -0.2) is 84.0 Å². The number of amidine groups is 1. The zero-order valence-electron chi connectivity index (χ0n) is 25.1. The minimum Gasteiger partial charge on any atom is -0.497 e. The number of amides is 1. The van der Waals surface area contributed by atoms with Crippen LogP contribution in [-0.2, 0) is 32.2 Å². The van der Waals surface area contributed by atoms with Gasteiger partial charge in [-0.2, -0.15) is 0 Å². The Labute approximate surface area is 252 Å². The SMILES string of the molecule is CCN(C(=O)OC(C)(C)C)C1=N[C@@H]2[C@@H](OCc3ccc(OC)cc3)[C@H](OCc3ccc(OC)cc3)[C@@H](CCO)O[C@@H]2S1. The van der Waals surface area contributed by atoms with E-state index in [9.17, 15) is 9.90 Å². The third-order valence-electron chi connectivity index (χ3n) is 6.87. The van der Waals surface area contributed by atoms with E-state index in [2.05, 4.69) is 0 Å². The van der Waals surface area contributed by atoms with E-state index in [1.807, 2.05) is 76.2 Å². The van der Waals surface area contributed by atoms with Crippen molar-refractivity contribution in [1.29, 1.82) is 0 Å². The van der Waals surface area contributed by atoms with Crippen molar-refractivity contribution < 1.29 is 38.3 Å². The van der Waals surface area contributed by atoms with Crippen molar-refractivity contribution in [3.8, 4) is 11.5 Å². The van der Waals surface area contributed by atoms with Gasteiger partial charge >= 0.3 is 6.09 Å². The van der Waals surface area contributed by atoms with Gasteiger partial charge in [-0.05, 0) is 69.5 Å². The number of aliphatic hydroxyl groups is 1. The Morgan fingerprint density at radius 1 is 0.952 bits per heavy atom. The first kappa shape index (κ1) is 32.1. The van der Waals surface area contributed by atoms with Gasteiger partial charge < -0.3 is 33.5 Å². The molecule has 1 amide bonds. The number of hydrogen-bond donors (Lipinski definition) is 1. The number of benzene rings is 2. The molecule has 1 N–H and O–H groups in total. The number of nitrogens with zero attached hydrogens (tertiary/aromatic N) is 2. The second kappa shape index (κ2) is 14.6. The van der Waals surface area contributed by atoms with Crippen LogP contribution in [0.2, 0.25) is 0 Å². The standard InChI is InChI=1S/C31H42N2O8S/c1-7-33(30(35)41-31(2,3)4)29-32-25-27(39-19-21-10-14-23(37-6)15-11-21)26(24(16-17-34)40-28(25)42-29)38-18-20-8-12-22(36-5)13-9-20/h8-15,24-28,34H,7,16-19H2,1-6H3/t24-,25-,26-,27-,28-/m1/s1. The number of carbonyl (C=O) groups is 1. The van der Waals surface area contributed by atoms with Crippen LogP contribution < -0.4 is 9.47 Å². The Kier molecular flexibility index (Phi) is 11.1. The zero-order valence-corrected chi connectivity index (χ0v) is 26.0. The summed E-state index contributed by atoms with van der Waals surface area (Å²) in [6.07, 6.45) is -1.60. The van der Waals surface area contributed by atoms with E-state index in [0.29, 0.717) is 31.3 Å². The number of carbonyl (C=O) groups excluding carboxylic acids is 1. The Balaban J connectivity index is 1.61. The maximum atomic E-state index is 13.0. The maximum absolute atomic E-state index is 13.0. The van der Waals surface area contributed by atoms with Gasteiger partial charge in [0.25, 0.3) is 0 Å². The van der Waals surface area contributed by atoms with Gasteiger partial charge in [-0.25, -0.2) is 4.79 Å². The van der Waals surface area contributed by atoms with Crippen LogP contribution in [0, 0.1) is 0 Å². The topological polar surface area (TPSA) is 108 Å². The van der Waals surface area contributed by atoms with Crippen molar-refractivity contribution in [1.82, 2.24) is 4.90 Å². The lowest BCUT2D eigenvalue weighted by molar-refractivity contribution is -0.200. The Hall–Kier alpha value is -2.83. The van der Waals surface area contributed by atoms with Gasteiger partial charge in [0.2, 0.25) is 0 Å². The molecular weight excluding hydrogens is 560 g/mol. The number of fused-ring (bicyclic) bond motifs is 1. The molecule has 4 rings (SSSR count). The van der Waals surface area contributed by atoms with E-state index < -0.39 is 41.5 Å². The summed E-state index contributed by atoms with van der Waals surface area (Å²) in [5.74, 6) is 1.52. The first-order valence-electron chi connectivity index (χ1n) is 14.2. The van der Waals surface area contributed by atoms with Crippen LogP contribution in [0.3, 0.4) is 0 Å². The van der Waals surface area contributed by atoms with Crippen LogP contribution in [0.5, 0.6) is 11.5 Å². The summed E-state index contributed by atoms with van der Waals surface area (Å²) >= 11 is 1.37. The van der Waals surface area contributed by atoms with Gasteiger partial charge in [0.1, 0.15) is 40.8 Å². The molecule has 0 saturated carbocycles. The Morgan fingerprint density at radius 2 is 1.50 bits per heavy atom. The van der Waals surface area contributed by atoms with Crippen molar-refractivity contribution in [2.24, 2.45) is 4.99 Å². The van der Waals surface area contributed by atoms with Crippen molar-refractivity contribution in [3.05, 3.63) is 59.7 Å². The molecule has 0 aliphatic carbocycles. The van der Waals surface area contributed by atoms with Crippen molar-refractivity contribution in [2.75, 3.05) is 27.4 Å². The highest BCUT2D eigenvalue weighted by molar-refractivity contribution is 8.14. The number of thioether (sulfide) groups is 1. The number of hydrogen-bond acceptors (Lipinski definition) is 10. The summed E-state index contributed by atoms with van der Waals surface area (Å²) in [6, 6.07) is 14.9. The molecule has 5 atom stereocenters. The van der Waals surface area contributed by atoms with E-state index in [1.54, 1.807) is 14.2 Å².